The number of nitrogens with one attached hydrogen (secondary N) is 1. The number of nitrogens with zero attached hydrogens (tertiary/aromatic N) is 3. The van der Waals surface area contributed by atoms with Gasteiger partial charge in [-0.3, -0.25) is 4.99 Å². The lowest BCUT2D eigenvalue weighted by Gasteiger charge is -2.42. The maximum Gasteiger partial charge on any atom is 0.193 e. The Kier molecular flexibility index (Phi) is 6.47. The van der Waals surface area contributed by atoms with Crippen molar-refractivity contribution in [3.63, 3.8) is 0 Å². The number of likely N-dealkylation sites (N-methyl/N-ethyl adjacent to an activating group) is 1. The highest BCUT2D eigenvalue weighted by Crippen LogP contribution is 2.26. The molecule has 0 radical (unpaired) electrons. The Hall–Kier alpha value is -0.850. The molecule has 6 heteroatoms. The molecule has 2 aliphatic heterocycles. The van der Waals surface area contributed by atoms with Gasteiger partial charge in [0.2, 0.25) is 0 Å². The lowest BCUT2D eigenvalue weighted by atomic mass is 9.89. The third kappa shape index (κ3) is 4.33. The molecule has 0 unspecified atom stereocenters. The first-order valence-corrected chi connectivity index (χ1v) is 8.54. The van der Waals surface area contributed by atoms with Gasteiger partial charge in [-0.1, -0.05) is 0 Å². The van der Waals surface area contributed by atoms with Crippen LogP contribution >= 0.6 is 0 Å². The molecule has 2 N–H and O–H groups in total. The van der Waals surface area contributed by atoms with Gasteiger partial charge in [0.05, 0.1) is 12.6 Å². The second kappa shape index (κ2) is 8.13. The summed E-state index contributed by atoms with van der Waals surface area (Å²) in [6.07, 6.45) is 3.57. The molecule has 2 saturated heterocycles. The summed E-state index contributed by atoms with van der Waals surface area (Å²) in [5.74, 6) is 0.988. The van der Waals surface area contributed by atoms with Gasteiger partial charge < -0.3 is 25.0 Å². The summed E-state index contributed by atoms with van der Waals surface area (Å²) in [5, 5.41) is 13.1. The van der Waals surface area contributed by atoms with Crippen molar-refractivity contribution in [3.05, 3.63) is 0 Å². The summed E-state index contributed by atoms with van der Waals surface area (Å²) in [6, 6.07) is 0. The molecule has 6 nitrogen and oxygen atoms in total. The van der Waals surface area contributed by atoms with Crippen LogP contribution in [0.25, 0.3) is 0 Å². The van der Waals surface area contributed by atoms with Gasteiger partial charge in [-0.25, -0.2) is 0 Å². The number of likely N-dealkylation sites (tertiary alicyclic amines) is 1. The standard InChI is InChI=1S/C16H32N4O2/c1-4-17-15(20-9-5-14(21)6-10-20)18-13-16(19(2)3)7-11-22-12-8-16/h14,21H,4-13H2,1-3H3,(H,17,18). The van der Waals surface area contributed by atoms with E-state index >= 15 is 0 Å². The first-order chi connectivity index (χ1) is 10.6. The molecule has 0 aromatic carbocycles. The lowest BCUT2D eigenvalue weighted by Crippen LogP contribution is -2.52. The van der Waals surface area contributed by atoms with Crippen LogP contribution in [-0.4, -0.2) is 86.0 Å². The van der Waals surface area contributed by atoms with E-state index in [1.165, 1.54) is 0 Å². The summed E-state index contributed by atoms with van der Waals surface area (Å²) in [7, 11) is 4.29. The molecule has 22 heavy (non-hydrogen) atoms. The predicted molar refractivity (Wildman–Crippen MR) is 89.3 cm³/mol. The van der Waals surface area contributed by atoms with E-state index in [1.54, 1.807) is 0 Å². The number of rotatable bonds is 4. The van der Waals surface area contributed by atoms with Crippen LogP contribution in [0.3, 0.4) is 0 Å². The fraction of sp³-hybridized carbons (Fsp3) is 0.938. The van der Waals surface area contributed by atoms with Crippen molar-refractivity contribution in [2.75, 3.05) is 53.5 Å². The number of hydrogen-bond donors (Lipinski definition) is 2. The van der Waals surface area contributed by atoms with Crippen LogP contribution < -0.4 is 5.32 Å². The van der Waals surface area contributed by atoms with Gasteiger partial charge in [0.25, 0.3) is 0 Å². The van der Waals surface area contributed by atoms with Crippen molar-refractivity contribution in [1.29, 1.82) is 0 Å². The summed E-state index contributed by atoms with van der Waals surface area (Å²) in [6.45, 7) is 7.17. The maximum absolute atomic E-state index is 9.68. The highest BCUT2D eigenvalue weighted by Gasteiger charge is 2.35. The molecule has 0 spiro atoms. The monoisotopic (exact) mass is 312 g/mol. The Morgan fingerprint density at radius 1 is 1.32 bits per heavy atom. The maximum atomic E-state index is 9.68. The average Bonchev–Trinajstić information content (AvgIpc) is 2.53. The Morgan fingerprint density at radius 2 is 1.95 bits per heavy atom. The quantitative estimate of drug-likeness (QED) is 0.585. The number of piperidine rings is 1. The van der Waals surface area contributed by atoms with Gasteiger partial charge in [0.15, 0.2) is 5.96 Å². The molecule has 0 bridgehead atoms. The average molecular weight is 312 g/mol. The first-order valence-electron chi connectivity index (χ1n) is 8.54. The Morgan fingerprint density at radius 3 is 2.50 bits per heavy atom. The number of hydrogen-bond acceptors (Lipinski definition) is 4. The minimum atomic E-state index is -0.150. The van der Waals surface area contributed by atoms with E-state index in [4.69, 9.17) is 9.73 Å². The number of aliphatic hydroxyl groups is 1. The van der Waals surface area contributed by atoms with E-state index in [-0.39, 0.29) is 11.6 Å². The van der Waals surface area contributed by atoms with Crippen molar-refractivity contribution in [2.45, 2.75) is 44.2 Å². The van der Waals surface area contributed by atoms with E-state index < -0.39 is 0 Å². The topological polar surface area (TPSA) is 60.3 Å². The molecule has 0 saturated carbocycles. The summed E-state index contributed by atoms with van der Waals surface area (Å²) in [5.41, 5.74) is 0.105. The molecule has 0 aromatic heterocycles. The number of aliphatic hydroxyl groups excluding tert-OH is 1. The van der Waals surface area contributed by atoms with Crippen LogP contribution in [0.1, 0.15) is 32.6 Å². The molecule has 0 amide bonds. The molecule has 2 rings (SSSR count). The molecule has 128 valence electrons. The lowest BCUT2D eigenvalue weighted by molar-refractivity contribution is -0.00270. The summed E-state index contributed by atoms with van der Waals surface area (Å²) in [4.78, 5) is 9.52. The number of guanidine groups is 1. The van der Waals surface area contributed by atoms with E-state index in [0.29, 0.717) is 0 Å². The van der Waals surface area contributed by atoms with Crippen LogP contribution in [0.4, 0.5) is 0 Å². The molecular formula is C16H32N4O2. The zero-order chi connectivity index (χ0) is 16.0. The van der Waals surface area contributed by atoms with Crippen LogP contribution in [-0.2, 0) is 4.74 Å². The largest absolute Gasteiger partial charge is 0.393 e. The van der Waals surface area contributed by atoms with E-state index in [0.717, 1.165) is 71.0 Å². The SMILES string of the molecule is CCNC(=NCC1(N(C)C)CCOCC1)N1CCC(O)CC1. The fourth-order valence-electron chi connectivity index (χ4n) is 3.22. The summed E-state index contributed by atoms with van der Waals surface area (Å²) >= 11 is 0. The number of aliphatic imine (C=N–C) groups is 1. The second-order valence-electron chi connectivity index (χ2n) is 6.62. The van der Waals surface area contributed by atoms with Gasteiger partial charge in [-0.05, 0) is 46.7 Å². The van der Waals surface area contributed by atoms with Crippen LogP contribution in [0.5, 0.6) is 0 Å². The molecule has 2 fully saturated rings. The predicted octanol–water partition coefficient (Wildman–Crippen LogP) is 0.519. The minimum absolute atomic E-state index is 0.105. The fourth-order valence-corrected chi connectivity index (χ4v) is 3.22. The third-order valence-corrected chi connectivity index (χ3v) is 4.99. The smallest absolute Gasteiger partial charge is 0.193 e. The van der Waals surface area contributed by atoms with Gasteiger partial charge >= 0.3 is 0 Å². The highest BCUT2D eigenvalue weighted by atomic mass is 16.5. The molecule has 2 aliphatic rings. The van der Waals surface area contributed by atoms with Gasteiger partial charge in [0, 0.05) is 38.4 Å². The zero-order valence-corrected chi connectivity index (χ0v) is 14.3. The minimum Gasteiger partial charge on any atom is -0.393 e. The first kappa shape index (κ1) is 17.5. The summed E-state index contributed by atoms with van der Waals surface area (Å²) < 4.78 is 5.53. The number of ether oxygens (including phenoxy) is 1. The van der Waals surface area contributed by atoms with Gasteiger partial charge in [-0.2, -0.15) is 0 Å². The van der Waals surface area contributed by atoms with Crippen molar-refractivity contribution in [1.82, 2.24) is 15.1 Å². The van der Waals surface area contributed by atoms with Crippen molar-refractivity contribution in [3.8, 4) is 0 Å². The highest BCUT2D eigenvalue weighted by molar-refractivity contribution is 5.80. The molecule has 0 aliphatic carbocycles. The van der Waals surface area contributed by atoms with E-state index in [9.17, 15) is 5.11 Å². The molecule has 0 atom stereocenters. The van der Waals surface area contributed by atoms with Crippen molar-refractivity contribution < 1.29 is 9.84 Å². The second-order valence-corrected chi connectivity index (χ2v) is 6.62. The van der Waals surface area contributed by atoms with Crippen LogP contribution in [0.2, 0.25) is 0 Å². The van der Waals surface area contributed by atoms with Gasteiger partial charge in [0.1, 0.15) is 0 Å². The normalized spacial score (nSPS) is 23.9. The Balaban J connectivity index is 2.04. The van der Waals surface area contributed by atoms with Crippen molar-refractivity contribution in [2.24, 2.45) is 4.99 Å². The van der Waals surface area contributed by atoms with E-state index in [2.05, 4.69) is 36.1 Å². The van der Waals surface area contributed by atoms with Gasteiger partial charge in [-0.15, -0.1) is 0 Å². The van der Waals surface area contributed by atoms with Crippen LogP contribution in [0.15, 0.2) is 4.99 Å². The van der Waals surface area contributed by atoms with E-state index in [1.807, 2.05) is 0 Å². The van der Waals surface area contributed by atoms with Crippen molar-refractivity contribution >= 4 is 5.96 Å². The third-order valence-electron chi connectivity index (χ3n) is 4.99. The Bertz CT molecular complexity index is 359. The molecule has 0 aromatic rings. The molecular weight excluding hydrogens is 280 g/mol. The zero-order valence-electron chi connectivity index (χ0n) is 14.3. The molecule has 2 heterocycles. The van der Waals surface area contributed by atoms with Crippen LogP contribution in [0, 0.1) is 0 Å². The Labute approximate surface area is 134 Å².